The number of carbonyl (C=O) groups is 2. The maximum Gasteiger partial charge on any atom is 0.269 e. The molecule has 1 unspecified atom stereocenters. The van der Waals surface area contributed by atoms with E-state index in [4.69, 9.17) is 9.15 Å². The molecule has 0 saturated carbocycles. The first-order chi connectivity index (χ1) is 17.3. The van der Waals surface area contributed by atoms with Crippen molar-refractivity contribution in [1.29, 1.82) is 0 Å². The molecule has 1 fully saturated rings. The van der Waals surface area contributed by atoms with Gasteiger partial charge in [0, 0.05) is 50.7 Å². The maximum atomic E-state index is 13.5. The van der Waals surface area contributed by atoms with Gasteiger partial charge in [0.05, 0.1) is 30.1 Å². The zero-order valence-electron chi connectivity index (χ0n) is 20.5. The van der Waals surface area contributed by atoms with E-state index in [1.807, 2.05) is 13.8 Å². The van der Waals surface area contributed by atoms with Crippen LogP contribution in [-0.2, 0) is 14.3 Å². The van der Waals surface area contributed by atoms with E-state index < -0.39 is 11.0 Å². The van der Waals surface area contributed by atoms with Crippen LogP contribution in [0.2, 0.25) is 0 Å². The van der Waals surface area contributed by atoms with Gasteiger partial charge in [-0.05, 0) is 29.8 Å². The minimum atomic E-state index is -0.465. The molecule has 36 heavy (non-hydrogen) atoms. The molecular formula is C25H31N5O6. The van der Waals surface area contributed by atoms with Crippen molar-refractivity contribution in [2.24, 2.45) is 11.0 Å². The molecule has 2 aliphatic rings. The Bertz CT molecular complexity index is 1090. The zero-order valence-corrected chi connectivity index (χ0v) is 20.5. The molecule has 0 spiro atoms. The summed E-state index contributed by atoms with van der Waals surface area (Å²) in [6, 6.07) is 9.15. The first kappa shape index (κ1) is 25.5. The van der Waals surface area contributed by atoms with E-state index in [1.54, 1.807) is 35.4 Å². The lowest BCUT2D eigenvalue weighted by Gasteiger charge is -2.31. The van der Waals surface area contributed by atoms with Gasteiger partial charge in [-0.1, -0.05) is 13.8 Å². The topological polar surface area (TPSA) is 122 Å². The second kappa shape index (κ2) is 11.4. The van der Waals surface area contributed by atoms with Gasteiger partial charge in [-0.2, -0.15) is 5.10 Å². The number of benzene rings is 1. The number of rotatable bonds is 9. The van der Waals surface area contributed by atoms with E-state index in [0.29, 0.717) is 49.8 Å². The van der Waals surface area contributed by atoms with Gasteiger partial charge >= 0.3 is 0 Å². The van der Waals surface area contributed by atoms with Crippen LogP contribution >= 0.6 is 0 Å². The van der Waals surface area contributed by atoms with Gasteiger partial charge in [-0.15, -0.1) is 0 Å². The number of hydrogen-bond donors (Lipinski definition) is 0. The SMILES string of the molecule is CC(C)C(=O)N(CCN1CCOCC1)CC(=O)N1N=C(c2ccc([N+](=O)[O-])cc2)CC1c1ccco1. The summed E-state index contributed by atoms with van der Waals surface area (Å²) in [5, 5.41) is 17.0. The highest BCUT2D eigenvalue weighted by atomic mass is 16.6. The van der Waals surface area contributed by atoms with Crippen LogP contribution in [0.3, 0.4) is 0 Å². The fourth-order valence-electron chi connectivity index (χ4n) is 4.35. The zero-order chi connectivity index (χ0) is 25.7. The third-order valence-electron chi connectivity index (χ3n) is 6.37. The third kappa shape index (κ3) is 5.97. The molecule has 4 rings (SSSR count). The highest BCUT2D eigenvalue weighted by molar-refractivity contribution is 6.03. The van der Waals surface area contributed by atoms with Crippen LogP contribution in [0.25, 0.3) is 0 Å². The van der Waals surface area contributed by atoms with Crippen molar-refractivity contribution in [1.82, 2.24) is 14.8 Å². The van der Waals surface area contributed by atoms with Gasteiger partial charge in [0.1, 0.15) is 18.3 Å². The van der Waals surface area contributed by atoms with E-state index in [9.17, 15) is 19.7 Å². The predicted octanol–water partition coefficient (Wildman–Crippen LogP) is 2.68. The average molecular weight is 498 g/mol. The monoisotopic (exact) mass is 497 g/mol. The van der Waals surface area contributed by atoms with E-state index >= 15 is 0 Å². The second-order valence-corrected chi connectivity index (χ2v) is 9.19. The first-order valence-corrected chi connectivity index (χ1v) is 12.1. The molecule has 0 bridgehead atoms. The van der Waals surface area contributed by atoms with Crippen molar-refractivity contribution in [3.63, 3.8) is 0 Å². The summed E-state index contributed by atoms with van der Waals surface area (Å²) in [5.41, 5.74) is 1.29. The number of ether oxygens (including phenoxy) is 1. The van der Waals surface area contributed by atoms with Crippen molar-refractivity contribution >= 4 is 23.2 Å². The van der Waals surface area contributed by atoms with Crippen LogP contribution < -0.4 is 0 Å². The van der Waals surface area contributed by atoms with Crippen molar-refractivity contribution in [2.75, 3.05) is 45.9 Å². The summed E-state index contributed by atoms with van der Waals surface area (Å²) in [6.45, 7) is 7.55. The van der Waals surface area contributed by atoms with Crippen LogP contribution in [0, 0.1) is 16.0 Å². The maximum absolute atomic E-state index is 13.5. The summed E-state index contributed by atoms with van der Waals surface area (Å²) in [7, 11) is 0. The number of nitro benzene ring substituents is 1. The average Bonchev–Trinajstić information content (AvgIpc) is 3.57. The van der Waals surface area contributed by atoms with Crippen LogP contribution in [0.1, 0.15) is 37.6 Å². The minimum absolute atomic E-state index is 0.0176. The van der Waals surface area contributed by atoms with Crippen LogP contribution in [0.4, 0.5) is 5.69 Å². The highest BCUT2D eigenvalue weighted by Crippen LogP contribution is 2.33. The number of amides is 2. The van der Waals surface area contributed by atoms with Crippen molar-refractivity contribution < 1.29 is 23.7 Å². The molecule has 2 amide bonds. The molecule has 1 aromatic carbocycles. The van der Waals surface area contributed by atoms with Gasteiger partial charge in [0.25, 0.3) is 11.6 Å². The Labute approximate surface area is 209 Å². The summed E-state index contributed by atoms with van der Waals surface area (Å²) in [5.74, 6) is -0.0746. The van der Waals surface area contributed by atoms with Gasteiger partial charge in [0.15, 0.2) is 0 Å². The quantitative estimate of drug-likeness (QED) is 0.386. The second-order valence-electron chi connectivity index (χ2n) is 9.19. The van der Waals surface area contributed by atoms with Crippen molar-refractivity contribution in [3.05, 3.63) is 64.1 Å². The number of hydrogen-bond acceptors (Lipinski definition) is 8. The molecular weight excluding hydrogens is 466 g/mol. The highest BCUT2D eigenvalue weighted by Gasteiger charge is 2.36. The van der Waals surface area contributed by atoms with Crippen LogP contribution in [0.15, 0.2) is 52.2 Å². The van der Waals surface area contributed by atoms with E-state index in [1.165, 1.54) is 17.1 Å². The van der Waals surface area contributed by atoms with Crippen LogP contribution in [0.5, 0.6) is 0 Å². The Morgan fingerprint density at radius 2 is 1.92 bits per heavy atom. The van der Waals surface area contributed by atoms with Gasteiger partial charge < -0.3 is 14.1 Å². The molecule has 2 aromatic rings. The number of hydrazone groups is 1. The molecule has 3 heterocycles. The molecule has 11 heteroatoms. The smallest absolute Gasteiger partial charge is 0.269 e. The fourth-order valence-corrected chi connectivity index (χ4v) is 4.35. The fraction of sp³-hybridized carbons (Fsp3) is 0.480. The number of morpholine rings is 1. The number of nitrogens with zero attached hydrogens (tertiary/aromatic N) is 5. The number of furan rings is 1. The Balaban J connectivity index is 1.53. The molecule has 0 aliphatic carbocycles. The summed E-state index contributed by atoms with van der Waals surface area (Å²) in [6.07, 6.45) is 1.93. The lowest BCUT2D eigenvalue weighted by molar-refractivity contribution is -0.384. The minimum Gasteiger partial charge on any atom is -0.467 e. The molecule has 0 radical (unpaired) electrons. The number of carbonyl (C=O) groups excluding carboxylic acids is 2. The summed E-state index contributed by atoms with van der Waals surface area (Å²) in [4.78, 5) is 40.8. The Morgan fingerprint density at radius 1 is 1.19 bits per heavy atom. The van der Waals surface area contributed by atoms with Crippen molar-refractivity contribution in [2.45, 2.75) is 26.3 Å². The largest absolute Gasteiger partial charge is 0.467 e. The molecule has 11 nitrogen and oxygen atoms in total. The normalized spacial score (nSPS) is 18.4. The third-order valence-corrected chi connectivity index (χ3v) is 6.37. The van der Waals surface area contributed by atoms with Gasteiger partial charge in [-0.25, -0.2) is 5.01 Å². The van der Waals surface area contributed by atoms with Gasteiger partial charge in [-0.3, -0.25) is 24.6 Å². The van der Waals surface area contributed by atoms with Crippen molar-refractivity contribution in [3.8, 4) is 0 Å². The van der Waals surface area contributed by atoms with Gasteiger partial charge in [0.2, 0.25) is 5.91 Å². The standard InChI is InChI=1S/C25H31N5O6/c1-18(2)25(32)28(10-9-27-11-14-35-15-12-27)17-24(31)29-22(23-4-3-13-36-23)16-21(26-29)19-5-7-20(8-6-19)30(33)34/h3-8,13,18,22H,9-12,14-17H2,1-2H3. The Morgan fingerprint density at radius 3 is 2.53 bits per heavy atom. The summed E-state index contributed by atoms with van der Waals surface area (Å²) >= 11 is 0. The predicted molar refractivity (Wildman–Crippen MR) is 131 cm³/mol. The Kier molecular flexibility index (Phi) is 8.11. The lowest BCUT2D eigenvalue weighted by atomic mass is 10.0. The lowest BCUT2D eigenvalue weighted by Crippen LogP contribution is -2.47. The van der Waals surface area contributed by atoms with E-state index in [2.05, 4.69) is 10.0 Å². The Hall–Kier alpha value is -3.57. The number of non-ortho nitro benzene ring substituents is 1. The van der Waals surface area contributed by atoms with Crippen LogP contribution in [-0.4, -0.2) is 83.2 Å². The summed E-state index contributed by atoms with van der Waals surface area (Å²) < 4.78 is 11.0. The number of nitro groups is 1. The molecule has 1 aromatic heterocycles. The molecule has 0 N–H and O–H groups in total. The molecule has 1 saturated heterocycles. The molecule has 192 valence electrons. The van der Waals surface area contributed by atoms with E-state index in [0.717, 1.165) is 13.1 Å². The molecule has 1 atom stereocenters. The first-order valence-electron chi connectivity index (χ1n) is 12.1. The molecule has 2 aliphatic heterocycles. The van der Waals surface area contributed by atoms with E-state index in [-0.39, 0.29) is 30.0 Å².